The van der Waals surface area contributed by atoms with Crippen LogP contribution in [0, 0.1) is 17.8 Å². The molecule has 1 saturated carbocycles. The SMILES string of the molecule is CS(=O)C(C)(C[C@H]1CN(c2ccc(C#CC3CC3)cc2)C(=O)O1)C(=O)O. The summed E-state index contributed by atoms with van der Waals surface area (Å²) in [5.74, 6) is 5.67. The molecule has 1 aromatic carbocycles. The van der Waals surface area contributed by atoms with Crippen LogP contribution in [0.5, 0.6) is 0 Å². The van der Waals surface area contributed by atoms with Crippen molar-refractivity contribution in [3.8, 4) is 11.8 Å². The maximum absolute atomic E-state index is 12.2. The summed E-state index contributed by atoms with van der Waals surface area (Å²) in [7, 11) is -1.59. The van der Waals surface area contributed by atoms with E-state index in [2.05, 4.69) is 11.8 Å². The molecule has 0 spiro atoms. The van der Waals surface area contributed by atoms with E-state index in [1.807, 2.05) is 12.1 Å². The number of carboxylic acids is 1. The lowest BCUT2D eigenvalue weighted by atomic mass is 10.0. The molecular formula is C19H21NO5S. The number of carboxylic acid groups (broad SMARTS) is 1. The van der Waals surface area contributed by atoms with Crippen LogP contribution in [0.1, 0.15) is 31.7 Å². The van der Waals surface area contributed by atoms with E-state index in [1.54, 1.807) is 12.1 Å². The van der Waals surface area contributed by atoms with Gasteiger partial charge in [0.1, 0.15) is 10.9 Å². The van der Waals surface area contributed by atoms with E-state index in [1.165, 1.54) is 30.9 Å². The minimum Gasteiger partial charge on any atom is -0.480 e. The van der Waals surface area contributed by atoms with Gasteiger partial charge in [0.25, 0.3) is 0 Å². The fourth-order valence-corrected chi connectivity index (χ4v) is 3.41. The van der Waals surface area contributed by atoms with Gasteiger partial charge < -0.3 is 9.84 Å². The number of ether oxygens (including phenoxy) is 1. The smallest absolute Gasteiger partial charge is 0.414 e. The number of carbonyl (C=O) groups excluding carboxylic acids is 1. The van der Waals surface area contributed by atoms with Gasteiger partial charge in [0.05, 0.1) is 6.54 Å². The van der Waals surface area contributed by atoms with Gasteiger partial charge in [-0.15, -0.1) is 0 Å². The Labute approximate surface area is 155 Å². The van der Waals surface area contributed by atoms with Crippen molar-refractivity contribution in [1.29, 1.82) is 0 Å². The highest BCUT2D eigenvalue weighted by atomic mass is 32.2. The van der Waals surface area contributed by atoms with E-state index >= 15 is 0 Å². The Morgan fingerprint density at radius 2 is 2.04 bits per heavy atom. The molecule has 1 aliphatic carbocycles. The van der Waals surface area contributed by atoms with E-state index in [9.17, 15) is 18.9 Å². The summed E-state index contributed by atoms with van der Waals surface area (Å²) in [5.41, 5.74) is 1.56. The quantitative estimate of drug-likeness (QED) is 0.799. The molecular weight excluding hydrogens is 354 g/mol. The average molecular weight is 375 g/mol. The minimum atomic E-state index is -1.59. The van der Waals surface area contributed by atoms with Crippen LogP contribution in [0.25, 0.3) is 0 Å². The lowest BCUT2D eigenvalue weighted by molar-refractivity contribution is -0.140. The van der Waals surface area contributed by atoms with E-state index in [-0.39, 0.29) is 13.0 Å². The van der Waals surface area contributed by atoms with Gasteiger partial charge in [-0.1, -0.05) is 11.8 Å². The Balaban J connectivity index is 1.68. The molecule has 1 heterocycles. The van der Waals surface area contributed by atoms with Gasteiger partial charge in [0.2, 0.25) is 0 Å². The van der Waals surface area contributed by atoms with Gasteiger partial charge in [0.15, 0.2) is 0 Å². The molecule has 138 valence electrons. The second-order valence-corrected chi connectivity index (χ2v) is 8.71. The molecule has 1 aromatic rings. The number of anilines is 1. The monoisotopic (exact) mass is 375 g/mol. The Kier molecular flexibility index (Phi) is 5.05. The number of aliphatic carboxylic acids is 1. The van der Waals surface area contributed by atoms with Crippen LogP contribution < -0.4 is 4.90 Å². The molecule has 2 aliphatic rings. The van der Waals surface area contributed by atoms with Crippen molar-refractivity contribution in [1.82, 2.24) is 0 Å². The van der Waals surface area contributed by atoms with Crippen molar-refractivity contribution in [2.45, 2.75) is 37.0 Å². The van der Waals surface area contributed by atoms with E-state index in [4.69, 9.17) is 4.74 Å². The summed E-state index contributed by atoms with van der Waals surface area (Å²) < 4.78 is 15.7. The molecule has 0 aromatic heterocycles. The van der Waals surface area contributed by atoms with Gasteiger partial charge in [0, 0.05) is 40.6 Å². The third-order valence-corrected chi connectivity index (χ3v) is 6.37. The molecule has 2 unspecified atom stereocenters. The predicted molar refractivity (Wildman–Crippen MR) is 98.4 cm³/mol. The number of amides is 1. The Hall–Kier alpha value is -2.33. The van der Waals surface area contributed by atoms with E-state index < -0.39 is 33.7 Å². The van der Waals surface area contributed by atoms with Gasteiger partial charge in [-0.05, 0) is 44.0 Å². The lowest BCUT2D eigenvalue weighted by Gasteiger charge is -2.24. The number of cyclic esters (lactones) is 1. The van der Waals surface area contributed by atoms with Crippen molar-refractivity contribution in [3.05, 3.63) is 29.8 Å². The lowest BCUT2D eigenvalue weighted by Crippen LogP contribution is -2.43. The van der Waals surface area contributed by atoms with Crippen molar-refractivity contribution < 1.29 is 23.6 Å². The Morgan fingerprint density at radius 1 is 1.38 bits per heavy atom. The van der Waals surface area contributed by atoms with Crippen molar-refractivity contribution >= 4 is 28.5 Å². The molecule has 7 heteroatoms. The summed E-state index contributed by atoms with van der Waals surface area (Å²) in [6.07, 6.45) is 2.54. The third kappa shape index (κ3) is 3.91. The molecule has 0 radical (unpaired) electrons. The molecule has 0 bridgehead atoms. The highest BCUT2D eigenvalue weighted by molar-refractivity contribution is 7.86. The van der Waals surface area contributed by atoms with Crippen LogP contribution in [-0.2, 0) is 20.3 Å². The largest absolute Gasteiger partial charge is 0.480 e. The molecule has 1 saturated heterocycles. The topological polar surface area (TPSA) is 83.9 Å². The highest BCUT2D eigenvalue weighted by Gasteiger charge is 2.44. The maximum atomic E-state index is 12.2. The first-order valence-electron chi connectivity index (χ1n) is 8.46. The normalized spacial score (nSPS) is 22.8. The molecule has 1 amide bonds. The molecule has 6 nitrogen and oxygen atoms in total. The Bertz CT molecular complexity index is 789. The first-order chi connectivity index (χ1) is 12.3. The first-order valence-corrected chi connectivity index (χ1v) is 10.0. The zero-order valence-electron chi connectivity index (χ0n) is 14.7. The fraction of sp³-hybridized carbons (Fsp3) is 0.474. The number of hydrogen-bond donors (Lipinski definition) is 1. The summed E-state index contributed by atoms with van der Waals surface area (Å²) in [6.45, 7) is 1.64. The van der Waals surface area contributed by atoms with Crippen LogP contribution in [0.3, 0.4) is 0 Å². The van der Waals surface area contributed by atoms with Crippen LogP contribution in [-0.4, -0.2) is 45.0 Å². The molecule has 3 atom stereocenters. The van der Waals surface area contributed by atoms with Gasteiger partial charge >= 0.3 is 12.1 Å². The second kappa shape index (κ2) is 7.12. The van der Waals surface area contributed by atoms with Crippen molar-refractivity contribution in [2.24, 2.45) is 5.92 Å². The van der Waals surface area contributed by atoms with Gasteiger partial charge in [-0.25, -0.2) is 4.79 Å². The number of hydrogen-bond acceptors (Lipinski definition) is 4. The standard InChI is InChI=1S/C19H21NO5S/c1-19(17(21)22,26(2)24)11-16-12-20(18(23)25-16)15-9-7-14(8-10-15)6-5-13-3-4-13/h7-10,13,16H,3-4,11-12H2,1-2H3,(H,21,22)/t16-,19?,26?/m0/s1. The molecule has 26 heavy (non-hydrogen) atoms. The van der Waals surface area contributed by atoms with Crippen LogP contribution in [0.15, 0.2) is 24.3 Å². The summed E-state index contributed by atoms with van der Waals surface area (Å²) in [5, 5.41) is 9.38. The Morgan fingerprint density at radius 3 is 2.58 bits per heavy atom. The first kappa shape index (κ1) is 18.5. The predicted octanol–water partition coefficient (Wildman–Crippen LogP) is 2.39. The fourth-order valence-electron chi connectivity index (χ4n) is 2.74. The zero-order valence-corrected chi connectivity index (χ0v) is 15.5. The number of rotatable bonds is 5. The van der Waals surface area contributed by atoms with Crippen LogP contribution in [0.2, 0.25) is 0 Å². The average Bonchev–Trinajstić information content (AvgIpc) is 3.35. The highest BCUT2D eigenvalue weighted by Crippen LogP contribution is 2.29. The summed E-state index contributed by atoms with van der Waals surface area (Å²) in [6, 6.07) is 7.31. The minimum absolute atomic E-state index is 0.00136. The van der Waals surface area contributed by atoms with Gasteiger partial charge in [-0.2, -0.15) is 0 Å². The number of benzene rings is 1. The number of nitrogens with zero attached hydrogens (tertiary/aromatic N) is 1. The van der Waals surface area contributed by atoms with E-state index in [0.29, 0.717) is 11.6 Å². The third-order valence-electron chi connectivity index (χ3n) is 4.76. The van der Waals surface area contributed by atoms with Crippen molar-refractivity contribution in [2.75, 3.05) is 17.7 Å². The van der Waals surface area contributed by atoms with Gasteiger partial charge in [-0.3, -0.25) is 13.9 Å². The summed E-state index contributed by atoms with van der Waals surface area (Å²) in [4.78, 5) is 25.1. The second-order valence-electron chi connectivity index (χ2n) is 6.90. The molecule has 1 N–H and O–H groups in total. The van der Waals surface area contributed by atoms with E-state index in [0.717, 1.165) is 5.56 Å². The molecule has 3 rings (SSSR count). The van der Waals surface area contributed by atoms with Crippen LogP contribution in [0.4, 0.5) is 10.5 Å². The summed E-state index contributed by atoms with van der Waals surface area (Å²) >= 11 is 0. The van der Waals surface area contributed by atoms with Crippen LogP contribution >= 0.6 is 0 Å². The van der Waals surface area contributed by atoms with Crippen molar-refractivity contribution in [3.63, 3.8) is 0 Å². The number of carbonyl (C=O) groups is 2. The molecule has 2 fully saturated rings. The molecule has 1 aliphatic heterocycles. The zero-order chi connectivity index (χ0) is 18.9. The maximum Gasteiger partial charge on any atom is 0.414 e.